The van der Waals surface area contributed by atoms with Crippen LogP contribution in [0.4, 0.5) is 11.4 Å². The van der Waals surface area contributed by atoms with Crippen LogP contribution in [0.25, 0.3) is 0 Å². The maximum atomic E-state index is 11.7. The quantitative estimate of drug-likeness (QED) is 0.826. The van der Waals surface area contributed by atoms with Crippen LogP contribution in [0.15, 0.2) is 60.7 Å². The highest BCUT2D eigenvalue weighted by Crippen LogP contribution is 2.14. The minimum atomic E-state index is -0.409. The van der Waals surface area contributed by atoms with Crippen LogP contribution in [-0.2, 0) is 9.59 Å². The number of amides is 2. The smallest absolute Gasteiger partial charge is 0.248 e. The van der Waals surface area contributed by atoms with Gasteiger partial charge >= 0.3 is 0 Å². The third kappa shape index (κ3) is 5.24. The van der Waals surface area contributed by atoms with Gasteiger partial charge in [-0.1, -0.05) is 23.2 Å². The zero-order chi connectivity index (χ0) is 15.9. The second-order valence-electron chi connectivity index (χ2n) is 4.33. The molecule has 2 amide bonds. The van der Waals surface area contributed by atoms with Gasteiger partial charge in [-0.3, -0.25) is 9.59 Å². The minimum absolute atomic E-state index is 0.409. The van der Waals surface area contributed by atoms with Crippen molar-refractivity contribution in [2.45, 2.75) is 0 Å². The Morgan fingerprint density at radius 3 is 1.32 bits per heavy atom. The van der Waals surface area contributed by atoms with E-state index in [-0.39, 0.29) is 0 Å². The highest BCUT2D eigenvalue weighted by Gasteiger charge is 2.01. The SMILES string of the molecule is O=C(C=CC(=O)Nc1ccc(Cl)cc1)Nc1ccc(Cl)cc1. The first-order chi connectivity index (χ1) is 10.5. The summed E-state index contributed by atoms with van der Waals surface area (Å²) in [5.41, 5.74) is 1.19. The highest BCUT2D eigenvalue weighted by atomic mass is 35.5. The summed E-state index contributed by atoms with van der Waals surface area (Å²) in [6.07, 6.45) is 2.31. The van der Waals surface area contributed by atoms with E-state index in [0.29, 0.717) is 21.4 Å². The molecule has 6 heteroatoms. The summed E-state index contributed by atoms with van der Waals surface area (Å²) in [5, 5.41) is 6.39. The molecule has 0 aliphatic carbocycles. The normalized spacial score (nSPS) is 10.5. The summed E-state index contributed by atoms with van der Waals surface area (Å²) in [6.45, 7) is 0. The van der Waals surface area contributed by atoms with Crippen LogP contribution in [0.3, 0.4) is 0 Å². The molecule has 0 saturated heterocycles. The fourth-order valence-electron chi connectivity index (χ4n) is 1.59. The molecule has 0 unspecified atom stereocenters. The van der Waals surface area contributed by atoms with Crippen LogP contribution in [0.2, 0.25) is 10.0 Å². The molecule has 0 heterocycles. The average Bonchev–Trinajstić information content (AvgIpc) is 2.50. The van der Waals surface area contributed by atoms with Crippen molar-refractivity contribution < 1.29 is 9.59 Å². The van der Waals surface area contributed by atoms with Crippen molar-refractivity contribution in [3.8, 4) is 0 Å². The van der Waals surface area contributed by atoms with Crippen LogP contribution in [0.1, 0.15) is 0 Å². The molecule has 4 nitrogen and oxygen atoms in total. The number of rotatable bonds is 4. The topological polar surface area (TPSA) is 58.2 Å². The van der Waals surface area contributed by atoms with Crippen molar-refractivity contribution in [2.75, 3.05) is 10.6 Å². The van der Waals surface area contributed by atoms with Gasteiger partial charge < -0.3 is 10.6 Å². The van der Waals surface area contributed by atoms with Crippen LogP contribution >= 0.6 is 23.2 Å². The van der Waals surface area contributed by atoms with Crippen LogP contribution in [0, 0.1) is 0 Å². The van der Waals surface area contributed by atoms with Gasteiger partial charge in [-0.2, -0.15) is 0 Å². The van der Waals surface area contributed by atoms with E-state index < -0.39 is 11.8 Å². The number of carbonyl (C=O) groups excluding carboxylic acids is 2. The van der Waals surface area contributed by atoms with E-state index in [4.69, 9.17) is 23.2 Å². The lowest BCUT2D eigenvalue weighted by molar-refractivity contribution is -0.114. The number of nitrogens with one attached hydrogen (secondary N) is 2. The number of carbonyl (C=O) groups is 2. The second-order valence-corrected chi connectivity index (χ2v) is 5.20. The molecular formula is C16H12Cl2N2O2. The van der Waals surface area contributed by atoms with Gasteiger partial charge in [0.15, 0.2) is 0 Å². The molecular weight excluding hydrogens is 323 g/mol. The molecule has 0 aromatic heterocycles. The number of benzene rings is 2. The fourth-order valence-corrected chi connectivity index (χ4v) is 1.84. The summed E-state index contributed by atoms with van der Waals surface area (Å²) < 4.78 is 0. The fraction of sp³-hybridized carbons (Fsp3) is 0. The molecule has 0 radical (unpaired) electrons. The molecule has 2 rings (SSSR count). The maximum absolute atomic E-state index is 11.7. The molecule has 2 N–H and O–H groups in total. The Morgan fingerprint density at radius 1 is 0.682 bits per heavy atom. The van der Waals surface area contributed by atoms with Gasteiger partial charge in [0, 0.05) is 33.6 Å². The minimum Gasteiger partial charge on any atom is -0.323 e. The average molecular weight is 335 g/mol. The Bertz CT molecular complexity index is 634. The van der Waals surface area contributed by atoms with Gasteiger partial charge in [0.05, 0.1) is 0 Å². The van der Waals surface area contributed by atoms with E-state index in [9.17, 15) is 9.59 Å². The van der Waals surface area contributed by atoms with Crippen molar-refractivity contribution in [2.24, 2.45) is 0 Å². The molecule has 112 valence electrons. The second kappa shape index (κ2) is 7.64. The molecule has 2 aromatic carbocycles. The predicted molar refractivity (Wildman–Crippen MR) is 89.3 cm³/mol. The van der Waals surface area contributed by atoms with E-state index in [1.807, 2.05) is 0 Å². The van der Waals surface area contributed by atoms with Crippen molar-refractivity contribution in [1.82, 2.24) is 0 Å². The summed E-state index contributed by atoms with van der Waals surface area (Å²) in [6, 6.07) is 13.3. The standard InChI is InChI=1S/C16H12Cl2N2O2/c17-11-1-5-13(6-2-11)19-15(21)9-10-16(22)20-14-7-3-12(18)4-8-14/h1-10H,(H,19,21)(H,20,22). The molecule has 22 heavy (non-hydrogen) atoms. The molecule has 0 aliphatic heterocycles. The highest BCUT2D eigenvalue weighted by molar-refractivity contribution is 6.31. The number of hydrogen-bond acceptors (Lipinski definition) is 2. The summed E-state index contributed by atoms with van der Waals surface area (Å²) in [5.74, 6) is -0.817. The first kappa shape index (κ1) is 16.1. The van der Waals surface area contributed by atoms with Gasteiger partial charge in [0.25, 0.3) is 0 Å². The van der Waals surface area contributed by atoms with Crippen LogP contribution < -0.4 is 10.6 Å². The van der Waals surface area contributed by atoms with E-state index in [0.717, 1.165) is 12.2 Å². The monoisotopic (exact) mass is 334 g/mol. The summed E-state index contributed by atoms with van der Waals surface area (Å²) >= 11 is 11.5. The van der Waals surface area contributed by atoms with Gasteiger partial charge in [-0.05, 0) is 48.5 Å². The number of halogens is 2. The third-order valence-electron chi connectivity index (χ3n) is 2.61. The lowest BCUT2D eigenvalue weighted by Crippen LogP contribution is -2.11. The molecule has 0 atom stereocenters. The summed E-state index contributed by atoms with van der Waals surface area (Å²) in [4.78, 5) is 23.3. The van der Waals surface area contributed by atoms with Crippen molar-refractivity contribution in [3.05, 3.63) is 70.7 Å². The largest absolute Gasteiger partial charge is 0.323 e. The molecule has 0 aliphatic rings. The lowest BCUT2D eigenvalue weighted by Gasteiger charge is -2.03. The Morgan fingerprint density at radius 2 is 1.00 bits per heavy atom. The van der Waals surface area contributed by atoms with E-state index in [1.165, 1.54) is 0 Å². The van der Waals surface area contributed by atoms with Gasteiger partial charge in [0.2, 0.25) is 11.8 Å². The van der Waals surface area contributed by atoms with Crippen molar-refractivity contribution >= 4 is 46.4 Å². The van der Waals surface area contributed by atoms with E-state index in [2.05, 4.69) is 10.6 Å². The Hall–Kier alpha value is -2.30. The van der Waals surface area contributed by atoms with Gasteiger partial charge in [0.1, 0.15) is 0 Å². The van der Waals surface area contributed by atoms with Crippen LogP contribution in [-0.4, -0.2) is 11.8 Å². The van der Waals surface area contributed by atoms with Crippen LogP contribution in [0.5, 0.6) is 0 Å². The van der Waals surface area contributed by atoms with E-state index >= 15 is 0 Å². The predicted octanol–water partition coefficient (Wildman–Crippen LogP) is 4.13. The molecule has 0 fully saturated rings. The Balaban J connectivity index is 1.87. The Labute approximate surface area is 137 Å². The van der Waals surface area contributed by atoms with Crippen molar-refractivity contribution in [3.63, 3.8) is 0 Å². The zero-order valence-electron chi connectivity index (χ0n) is 11.3. The molecule has 0 spiro atoms. The first-order valence-corrected chi connectivity index (χ1v) is 7.10. The third-order valence-corrected chi connectivity index (χ3v) is 3.11. The van der Waals surface area contributed by atoms with Gasteiger partial charge in [-0.15, -0.1) is 0 Å². The van der Waals surface area contributed by atoms with E-state index in [1.54, 1.807) is 48.5 Å². The van der Waals surface area contributed by atoms with Gasteiger partial charge in [-0.25, -0.2) is 0 Å². The first-order valence-electron chi connectivity index (χ1n) is 6.34. The number of anilines is 2. The zero-order valence-corrected chi connectivity index (χ0v) is 12.9. The maximum Gasteiger partial charge on any atom is 0.248 e. The summed E-state index contributed by atoms with van der Waals surface area (Å²) in [7, 11) is 0. The molecule has 0 bridgehead atoms. The molecule has 0 saturated carbocycles. The lowest BCUT2D eigenvalue weighted by atomic mass is 10.3. The molecule has 2 aromatic rings. The van der Waals surface area contributed by atoms with Crippen molar-refractivity contribution in [1.29, 1.82) is 0 Å². The number of hydrogen-bond donors (Lipinski definition) is 2. The Kier molecular flexibility index (Phi) is 5.58.